The summed E-state index contributed by atoms with van der Waals surface area (Å²) in [6.45, 7) is 1.52. The monoisotopic (exact) mass is 275 g/mol. The summed E-state index contributed by atoms with van der Waals surface area (Å²) in [5, 5.41) is 10.6. The van der Waals surface area contributed by atoms with Crippen LogP contribution in [-0.2, 0) is 14.6 Å². The molecule has 0 aliphatic carbocycles. The molecule has 1 aromatic rings. The molecular formula is C10H10ClNO4S. The fourth-order valence-corrected chi connectivity index (χ4v) is 4.03. The Morgan fingerprint density at radius 3 is 2.71 bits per heavy atom. The fourth-order valence-electron chi connectivity index (χ4n) is 1.92. The van der Waals surface area contributed by atoms with E-state index in [4.69, 9.17) is 16.7 Å². The highest BCUT2D eigenvalue weighted by molar-refractivity contribution is 7.93. The van der Waals surface area contributed by atoms with E-state index in [1.54, 1.807) is 6.07 Å². The minimum Gasteiger partial charge on any atom is -0.480 e. The Balaban J connectivity index is 2.68. The number of anilines is 1. The first-order valence-corrected chi connectivity index (χ1v) is 6.79. The van der Waals surface area contributed by atoms with Crippen molar-refractivity contribution in [3.63, 3.8) is 0 Å². The highest BCUT2D eigenvalue weighted by Gasteiger charge is 2.43. The molecule has 0 radical (unpaired) electrons. The average molecular weight is 276 g/mol. The first-order chi connectivity index (χ1) is 7.84. The molecule has 7 heteroatoms. The van der Waals surface area contributed by atoms with Gasteiger partial charge in [0.1, 0.15) is 0 Å². The molecule has 0 saturated heterocycles. The lowest BCUT2D eigenvalue weighted by Gasteiger charge is -2.29. The predicted octanol–water partition coefficient (Wildman–Crippen LogP) is 1.38. The molecule has 1 heterocycles. The van der Waals surface area contributed by atoms with E-state index in [0.717, 1.165) is 0 Å². The molecular weight excluding hydrogens is 266 g/mol. The first kappa shape index (κ1) is 12.2. The molecule has 2 rings (SSSR count). The second-order valence-corrected chi connectivity index (χ2v) is 6.35. The summed E-state index contributed by atoms with van der Waals surface area (Å²) < 4.78 is 24.3. The van der Waals surface area contributed by atoms with Crippen LogP contribution < -0.4 is 5.32 Å². The number of rotatable bonds is 1. The Kier molecular flexibility index (Phi) is 2.79. The number of halogens is 1. The molecule has 2 unspecified atom stereocenters. The van der Waals surface area contributed by atoms with Crippen molar-refractivity contribution in [1.29, 1.82) is 0 Å². The van der Waals surface area contributed by atoms with Crippen LogP contribution in [-0.4, -0.2) is 30.8 Å². The largest absolute Gasteiger partial charge is 0.480 e. The van der Waals surface area contributed by atoms with Gasteiger partial charge in [-0.15, -0.1) is 0 Å². The lowest BCUT2D eigenvalue weighted by atomic mass is 10.2. The van der Waals surface area contributed by atoms with Crippen LogP contribution in [0.25, 0.3) is 0 Å². The van der Waals surface area contributed by atoms with Crippen LogP contribution in [0.4, 0.5) is 5.69 Å². The van der Waals surface area contributed by atoms with Gasteiger partial charge in [-0.2, -0.15) is 0 Å². The Morgan fingerprint density at radius 2 is 2.12 bits per heavy atom. The molecule has 1 aliphatic heterocycles. The lowest BCUT2D eigenvalue weighted by molar-refractivity contribution is -0.136. The molecule has 0 fully saturated rings. The zero-order valence-corrected chi connectivity index (χ0v) is 10.4. The first-order valence-electron chi connectivity index (χ1n) is 4.87. The van der Waals surface area contributed by atoms with Gasteiger partial charge in [-0.3, -0.25) is 4.79 Å². The maximum Gasteiger partial charge on any atom is 0.324 e. The van der Waals surface area contributed by atoms with Gasteiger partial charge >= 0.3 is 5.97 Å². The zero-order chi connectivity index (χ0) is 12.8. The fraction of sp³-hybridized carbons (Fsp3) is 0.300. The molecule has 0 saturated carbocycles. The highest BCUT2D eigenvalue weighted by Crippen LogP contribution is 2.34. The van der Waals surface area contributed by atoms with E-state index in [2.05, 4.69) is 5.32 Å². The van der Waals surface area contributed by atoms with E-state index in [9.17, 15) is 13.2 Å². The van der Waals surface area contributed by atoms with E-state index >= 15 is 0 Å². The summed E-state index contributed by atoms with van der Waals surface area (Å²) in [5.74, 6) is -1.37. The summed E-state index contributed by atoms with van der Waals surface area (Å²) >= 11 is 5.73. The summed E-state index contributed by atoms with van der Waals surface area (Å²) in [4.78, 5) is 11.0. The summed E-state index contributed by atoms with van der Waals surface area (Å²) in [6, 6.07) is 3.66. The quantitative estimate of drug-likeness (QED) is 0.809. The second kappa shape index (κ2) is 3.89. The Bertz CT molecular complexity index is 584. The van der Waals surface area contributed by atoms with Crippen LogP contribution in [0, 0.1) is 0 Å². The van der Waals surface area contributed by atoms with Crippen molar-refractivity contribution in [1.82, 2.24) is 0 Å². The smallest absolute Gasteiger partial charge is 0.324 e. The molecule has 0 spiro atoms. The Labute approximate surface area is 103 Å². The van der Waals surface area contributed by atoms with Gasteiger partial charge in [0.2, 0.25) is 0 Å². The second-order valence-electron chi connectivity index (χ2n) is 3.88. The van der Waals surface area contributed by atoms with Crippen LogP contribution in [0.3, 0.4) is 0 Å². The number of hydrogen-bond donors (Lipinski definition) is 2. The van der Waals surface area contributed by atoms with Crippen molar-refractivity contribution in [2.75, 3.05) is 5.32 Å². The number of carboxylic acids is 1. The molecule has 0 amide bonds. The van der Waals surface area contributed by atoms with Crippen molar-refractivity contribution in [3.05, 3.63) is 23.2 Å². The molecule has 17 heavy (non-hydrogen) atoms. The van der Waals surface area contributed by atoms with E-state index in [1.165, 1.54) is 19.1 Å². The minimum atomic E-state index is -3.90. The van der Waals surface area contributed by atoms with E-state index in [-0.39, 0.29) is 9.92 Å². The van der Waals surface area contributed by atoms with Gasteiger partial charge in [-0.1, -0.05) is 11.6 Å². The summed E-state index contributed by atoms with van der Waals surface area (Å²) in [7, 11) is -3.90. The number of hydrogen-bond acceptors (Lipinski definition) is 4. The van der Waals surface area contributed by atoms with Crippen LogP contribution in [0.1, 0.15) is 6.92 Å². The van der Waals surface area contributed by atoms with E-state index in [0.29, 0.717) is 5.69 Å². The third-order valence-electron chi connectivity index (χ3n) is 2.67. The van der Waals surface area contributed by atoms with Crippen molar-refractivity contribution in [2.45, 2.75) is 23.1 Å². The van der Waals surface area contributed by atoms with Crippen molar-refractivity contribution in [2.24, 2.45) is 0 Å². The molecule has 0 aromatic heterocycles. The summed E-state index contributed by atoms with van der Waals surface area (Å²) in [6.07, 6.45) is 0. The van der Waals surface area contributed by atoms with Gasteiger partial charge in [0.05, 0.1) is 16.6 Å². The molecule has 1 aromatic carbocycles. The number of carboxylic acid groups (broad SMARTS) is 1. The Hall–Kier alpha value is -1.27. The third-order valence-corrected chi connectivity index (χ3v) is 5.13. The lowest BCUT2D eigenvalue weighted by Crippen LogP contribution is -2.46. The predicted molar refractivity (Wildman–Crippen MR) is 63.1 cm³/mol. The van der Waals surface area contributed by atoms with Gasteiger partial charge in [0.25, 0.3) is 0 Å². The average Bonchev–Trinajstić information content (AvgIpc) is 2.18. The zero-order valence-electron chi connectivity index (χ0n) is 8.84. The van der Waals surface area contributed by atoms with E-state index < -0.39 is 27.1 Å². The number of sulfone groups is 1. The molecule has 5 nitrogen and oxygen atoms in total. The van der Waals surface area contributed by atoms with Gasteiger partial charge in [-0.25, -0.2) is 8.42 Å². The molecule has 92 valence electrons. The van der Waals surface area contributed by atoms with Crippen molar-refractivity contribution in [3.8, 4) is 0 Å². The van der Waals surface area contributed by atoms with Crippen LogP contribution in [0.2, 0.25) is 5.02 Å². The van der Waals surface area contributed by atoms with E-state index in [1.807, 2.05) is 0 Å². The number of nitrogens with one attached hydrogen (secondary N) is 1. The standard InChI is InChI=1S/C10H10ClNO4S/c1-5-9(10(13)14)17(15,16)8-4-6(11)2-3-7(8)12-5/h2-5,9,12H,1H3,(H,13,14). The topological polar surface area (TPSA) is 83.5 Å². The molecule has 1 aliphatic rings. The highest BCUT2D eigenvalue weighted by atomic mass is 35.5. The van der Waals surface area contributed by atoms with Crippen LogP contribution in [0.5, 0.6) is 0 Å². The number of aliphatic carboxylic acids is 1. The maximum absolute atomic E-state index is 12.1. The molecule has 0 bridgehead atoms. The van der Waals surface area contributed by atoms with Crippen LogP contribution >= 0.6 is 11.6 Å². The van der Waals surface area contributed by atoms with Gasteiger partial charge in [-0.05, 0) is 25.1 Å². The van der Waals surface area contributed by atoms with Crippen molar-refractivity contribution >= 4 is 33.1 Å². The number of fused-ring (bicyclic) bond motifs is 1. The number of benzene rings is 1. The summed E-state index contributed by atoms with van der Waals surface area (Å²) in [5.41, 5.74) is 0.388. The van der Waals surface area contributed by atoms with Crippen molar-refractivity contribution < 1.29 is 18.3 Å². The molecule has 2 atom stereocenters. The number of carbonyl (C=O) groups is 1. The third kappa shape index (κ3) is 1.87. The minimum absolute atomic E-state index is 0.0597. The SMILES string of the molecule is CC1Nc2ccc(Cl)cc2S(=O)(=O)C1C(=O)O. The Morgan fingerprint density at radius 1 is 1.47 bits per heavy atom. The van der Waals surface area contributed by atoms with Gasteiger partial charge < -0.3 is 10.4 Å². The van der Waals surface area contributed by atoms with Gasteiger partial charge in [0.15, 0.2) is 15.1 Å². The van der Waals surface area contributed by atoms with Gasteiger partial charge in [0, 0.05) is 5.02 Å². The molecule has 2 N–H and O–H groups in total. The normalized spacial score (nSPS) is 25.8. The maximum atomic E-state index is 12.1. The van der Waals surface area contributed by atoms with Crippen LogP contribution in [0.15, 0.2) is 23.1 Å².